The van der Waals surface area contributed by atoms with E-state index in [1.165, 1.54) is 22.2 Å². The summed E-state index contributed by atoms with van der Waals surface area (Å²) >= 11 is 0. The first-order valence-electron chi connectivity index (χ1n) is 9.10. The van der Waals surface area contributed by atoms with E-state index in [9.17, 15) is 0 Å². The minimum atomic E-state index is 0.775. The third kappa shape index (κ3) is 4.04. The summed E-state index contributed by atoms with van der Waals surface area (Å²) in [5, 5.41) is 16.1. The van der Waals surface area contributed by atoms with Crippen molar-refractivity contribution in [1.29, 1.82) is 0 Å². The molecule has 0 bridgehead atoms. The van der Waals surface area contributed by atoms with E-state index in [0.717, 1.165) is 44.3 Å². The number of hydrogen-bond donors (Lipinski definition) is 3. The van der Waals surface area contributed by atoms with Crippen LogP contribution in [0, 0.1) is 6.92 Å². The van der Waals surface area contributed by atoms with Crippen LogP contribution in [0.25, 0.3) is 10.9 Å². The maximum Gasteiger partial charge on any atom is 0.191 e. The summed E-state index contributed by atoms with van der Waals surface area (Å²) in [4.78, 5) is 7.75. The molecule has 7 heteroatoms. The smallest absolute Gasteiger partial charge is 0.191 e. The molecule has 0 saturated carbocycles. The van der Waals surface area contributed by atoms with E-state index in [-0.39, 0.29) is 0 Å². The van der Waals surface area contributed by atoms with Crippen LogP contribution < -0.4 is 10.6 Å². The number of guanidine groups is 1. The second kappa shape index (κ2) is 8.51. The van der Waals surface area contributed by atoms with Crippen LogP contribution in [0.2, 0.25) is 0 Å². The number of aromatic nitrogens is 4. The Morgan fingerprint density at radius 2 is 2.04 bits per heavy atom. The average Bonchev–Trinajstić information content (AvgIpc) is 3.24. The van der Waals surface area contributed by atoms with E-state index in [0.29, 0.717) is 0 Å². The van der Waals surface area contributed by atoms with Gasteiger partial charge >= 0.3 is 0 Å². The molecule has 0 saturated heterocycles. The van der Waals surface area contributed by atoms with Crippen LogP contribution in [0.3, 0.4) is 0 Å². The largest absolute Gasteiger partial charge is 0.358 e. The number of H-pyrrole nitrogens is 1. The summed E-state index contributed by atoms with van der Waals surface area (Å²) < 4.78 is 2.07. The lowest BCUT2D eigenvalue weighted by molar-refractivity contribution is 0.632. The van der Waals surface area contributed by atoms with Gasteiger partial charge in [-0.1, -0.05) is 25.1 Å². The summed E-state index contributed by atoms with van der Waals surface area (Å²) in [5.41, 5.74) is 3.79. The van der Waals surface area contributed by atoms with Crippen molar-refractivity contribution in [3.63, 3.8) is 0 Å². The molecule has 3 rings (SSSR count). The Labute approximate surface area is 153 Å². The Bertz CT molecular complexity index is 875. The minimum absolute atomic E-state index is 0.775. The predicted octanol–water partition coefficient (Wildman–Crippen LogP) is 2.04. The lowest BCUT2D eigenvalue weighted by Gasteiger charge is -2.12. The Morgan fingerprint density at radius 3 is 2.85 bits per heavy atom. The van der Waals surface area contributed by atoms with Crippen molar-refractivity contribution in [2.75, 3.05) is 20.1 Å². The number of aliphatic imine (C=N–C) groups is 1. The van der Waals surface area contributed by atoms with Crippen molar-refractivity contribution in [1.82, 2.24) is 30.4 Å². The maximum absolute atomic E-state index is 4.30. The van der Waals surface area contributed by atoms with Gasteiger partial charge in [0.05, 0.1) is 0 Å². The molecule has 1 aromatic carbocycles. The van der Waals surface area contributed by atoms with Crippen LogP contribution in [0.15, 0.2) is 35.6 Å². The zero-order valence-corrected chi connectivity index (χ0v) is 15.7. The molecular weight excluding hydrogens is 326 g/mol. The maximum atomic E-state index is 4.30. The van der Waals surface area contributed by atoms with Gasteiger partial charge in [0, 0.05) is 49.7 Å². The quantitative estimate of drug-likeness (QED) is 0.448. The van der Waals surface area contributed by atoms with Gasteiger partial charge in [0.25, 0.3) is 0 Å². The van der Waals surface area contributed by atoms with E-state index < -0.39 is 0 Å². The normalized spacial score (nSPS) is 11.9. The molecule has 138 valence electrons. The number of aromatic amines is 1. The number of fused-ring (bicyclic) bond motifs is 1. The second-order valence-corrected chi connectivity index (χ2v) is 6.24. The SMILES string of the molecule is CCc1nncn1CCNC(=NC)NCCc1c(C)[nH]c2ccccc12. The molecule has 0 unspecified atom stereocenters. The Hall–Kier alpha value is -2.83. The van der Waals surface area contributed by atoms with Crippen molar-refractivity contribution >= 4 is 16.9 Å². The molecule has 3 N–H and O–H groups in total. The van der Waals surface area contributed by atoms with Crippen molar-refractivity contribution < 1.29 is 0 Å². The van der Waals surface area contributed by atoms with E-state index >= 15 is 0 Å². The highest BCUT2D eigenvalue weighted by molar-refractivity contribution is 5.84. The Kier molecular flexibility index (Phi) is 5.88. The van der Waals surface area contributed by atoms with Crippen LogP contribution >= 0.6 is 0 Å². The molecule has 26 heavy (non-hydrogen) atoms. The molecule has 2 heterocycles. The molecule has 0 amide bonds. The number of rotatable bonds is 7. The topological polar surface area (TPSA) is 82.9 Å². The van der Waals surface area contributed by atoms with Gasteiger partial charge in [-0.3, -0.25) is 4.99 Å². The molecular formula is C19H27N7. The Balaban J connectivity index is 1.49. The second-order valence-electron chi connectivity index (χ2n) is 6.24. The third-order valence-corrected chi connectivity index (χ3v) is 4.58. The number of aryl methyl sites for hydroxylation is 2. The molecule has 3 aromatic rings. The van der Waals surface area contributed by atoms with Crippen LogP contribution in [-0.4, -0.2) is 45.8 Å². The third-order valence-electron chi connectivity index (χ3n) is 4.58. The van der Waals surface area contributed by atoms with Gasteiger partial charge in [-0.25, -0.2) is 0 Å². The molecule has 7 nitrogen and oxygen atoms in total. The van der Waals surface area contributed by atoms with Gasteiger partial charge in [0.1, 0.15) is 12.2 Å². The zero-order chi connectivity index (χ0) is 18.4. The van der Waals surface area contributed by atoms with Crippen LogP contribution in [0.4, 0.5) is 0 Å². The van der Waals surface area contributed by atoms with Gasteiger partial charge in [-0.05, 0) is 25.0 Å². The summed E-state index contributed by atoms with van der Waals surface area (Å²) in [6, 6.07) is 8.44. The van der Waals surface area contributed by atoms with Gasteiger partial charge in [-0.2, -0.15) is 0 Å². The molecule has 0 aliphatic rings. The number of hydrogen-bond acceptors (Lipinski definition) is 3. The average molecular weight is 353 g/mol. The van der Waals surface area contributed by atoms with Crippen LogP contribution in [-0.2, 0) is 19.4 Å². The number of para-hydroxylation sites is 1. The molecule has 0 aliphatic heterocycles. The number of benzene rings is 1. The fraction of sp³-hybridized carbons (Fsp3) is 0.421. The van der Waals surface area contributed by atoms with Gasteiger partial charge in [0.15, 0.2) is 5.96 Å². The first-order chi connectivity index (χ1) is 12.7. The lowest BCUT2D eigenvalue weighted by atomic mass is 10.1. The molecule has 2 aromatic heterocycles. The monoisotopic (exact) mass is 353 g/mol. The van der Waals surface area contributed by atoms with Gasteiger partial charge in [-0.15, -0.1) is 10.2 Å². The number of nitrogens with one attached hydrogen (secondary N) is 3. The highest BCUT2D eigenvalue weighted by Crippen LogP contribution is 2.21. The van der Waals surface area contributed by atoms with E-state index in [2.05, 4.69) is 73.5 Å². The highest BCUT2D eigenvalue weighted by Gasteiger charge is 2.08. The highest BCUT2D eigenvalue weighted by atomic mass is 15.3. The molecule has 0 atom stereocenters. The molecule has 0 aliphatic carbocycles. The van der Waals surface area contributed by atoms with Crippen LogP contribution in [0.5, 0.6) is 0 Å². The van der Waals surface area contributed by atoms with Gasteiger partial charge < -0.3 is 20.2 Å². The van der Waals surface area contributed by atoms with Crippen molar-refractivity contribution in [3.05, 3.63) is 47.7 Å². The van der Waals surface area contributed by atoms with Gasteiger partial charge in [0.2, 0.25) is 0 Å². The van der Waals surface area contributed by atoms with Crippen molar-refractivity contribution in [3.8, 4) is 0 Å². The van der Waals surface area contributed by atoms with E-state index in [1.807, 2.05) is 0 Å². The first kappa shape index (κ1) is 18.0. The standard InChI is InChI=1S/C19H27N7/c1-4-18-25-23-13-26(18)12-11-22-19(20-3)21-10-9-15-14(2)24-17-8-6-5-7-16(15)17/h5-8,13,24H,4,9-12H2,1-3H3,(H2,20,21,22). The number of nitrogens with zero attached hydrogens (tertiary/aromatic N) is 4. The molecule has 0 fully saturated rings. The molecule has 0 radical (unpaired) electrons. The van der Waals surface area contributed by atoms with Crippen molar-refractivity contribution in [2.45, 2.75) is 33.2 Å². The lowest BCUT2D eigenvalue weighted by Crippen LogP contribution is -2.39. The van der Waals surface area contributed by atoms with E-state index in [4.69, 9.17) is 0 Å². The first-order valence-corrected chi connectivity index (χ1v) is 9.10. The van der Waals surface area contributed by atoms with Crippen LogP contribution in [0.1, 0.15) is 24.0 Å². The van der Waals surface area contributed by atoms with Crippen molar-refractivity contribution in [2.24, 2.45) is 4.99 Å². The summed E-state index contributed by atoms with van der Waals surface area (Å²) in [5.74, 6) is 1.82. The fourth-order valence-corrected chi connectivity index (χ4v) is 3.22. The zero-order valence-electron chi connectivity index (χ0n) is 15.7. The Morgan fingerprint density at radius 1 is 1.23 bits per heavy atom. The predicted molar refractivity (Wildman–Crippen MR) is 106 cm³/mol. The summed E-state index contributed by atoms with van der Waals surface area (Å²) in [6.45, 7) is 6.64. The summed E-state index contributed by atoms with van der Waals surface area (Å²) in [6.07, 6.45) is 3.61. The van der Waals surface area contributed by atoms with E-state index in [1.54, 1.807) is 13.4 Å². The molecule has 0 spiro atoms. The fourth-order valence-electron chi connectivity index (χ4n) is 3.22. The summed E-state index contributed by atoms with van der Waals surface area (Å²) in [7, 11) is 1.79. The minimum Gasteiger partial charge on any atom is -0.358 e.